The summed E-state index contributed by atoms with van der Waals surface area (Å²) >= 11 is 0. The first-order valence-corrected chi connectivity index (χ1v) is 12.1. The van der Waals surface area contributed by atoms with E-state index >= 15 is 0 Å². The van der Waals surface area contributed by atoms with Gasteiger partial charge in [-0.05, 0) is 65.9 Å². The van der Waals surface area contributed by atoms with Crippen molar-refractivity contribution in [2.24, 2.45) is 5.14 Å². The van der Waals surface area contributed by atoms with Crippen LogP contribution in [0.3, 0.4) is 0 Å². The number of carbonyl (C=O) groups is 1. The van der Waals surface area contributed by atoms with E-state index in [2.05, 4.69) is 5.32 Å². The van der Waals surface area contributed by atoms with Gasteiger partial charge in [0.1, 0.15) is 0 Å². The second-order valence-electron chi connectivity index (χ2n) is 8.43. The highest BCUT2D eigenvalue weighted by molar-refractivity contribution is 7.89. The third kappa shape index (κ3) is 4.32. The van der Waals surface area contributed by atoms with Crippen molar-refractivity contribution in [1.29, 1.82) is 0 Å². The molecule has 0 saturated heterocycles. The Bertz CT molecular complexity index is 1440. The van der Waals surface area contributed by atoms with E-state index in [1.54, 1.807) is 18.2 Å². The minimum atomic E-state index is -4.72. The van der Waals surface area contributed by atoms with E-state index in [1.165, 1.54) is 24.3 Å². The van der Waals surface area contributed by atoms with Crippen molar-refractivity contribution < 1.29 is 37.3 Å². The molecule has 7 nitrogen and oxygen atoms in total. The Morgan fingerprint density at radius 3 is 2.29 bits per heavy atom. The third-order valence-corrected chi connectivity index (χ3v) is 7.12. The van der Waals surface area contributed by atoms with Crippen LogP contribution in [0.4, 0.5) is 18.9 Å². The summed E-state index contributed by atoms with van der Waals surface area (Å²) in [5, 5.41) is 7.68. The number of hydrogen-bond acceptors (Lipinski definition) is 5. The molecular formula is C24H21F3N2O5S. The van der Waals surface area contributed by atoms with Gasteiger partial charge in [0, 0.05) is 7.11 Å². The molecule has 11 heteroatoms. The Labute approximate surface area is 200 Å². The number of ether oxygens (including phenoxy) is 2. The number of alkyl halides is 3. The number of nitrogens with two attached hydrogens (primary N) is 1. The summed E-state index contributed by atoms with van der Waals surface area (Å²) in [7, 11) is -3.98. The van der Waals surface area contributed by atoms with Crippen LogP contribution in [0, 0.1) is 0 Å². The Hall–Kier alpha value is -3.57. The number of hydrogen-bond donors (Lipinski definition) is 2. The van der Waals surface area contributed by atoms with E-state index in [0.29, 0.717) is 29.9 Å². The molecule has 184 valence electrons. The van der Waals surface area contributed by atoms with Crippen molar-refractivity contribution in [3.63, 3.8) is 0 Å². The molecule has 5 rings (SSSR count). The van der Waals surface area contributed by atoms with Crippen molar-refractivity contribution in [2.75, 3.05) is 12.1 Å². The molecule has 0 aromatic heterocycles. The highest BCUT2D eigenvalue weighted by Crippen LogP contribution is 2.51. The van der Waals surface area contributed by atoms with E-state index < -0.39 is 33.1 Å². The Morgan fingerprint density at radius 1 is 0.971 bits per heavy atom. The number of primary sulfonamides is 1. The lowest BCUT2D eigenvalue weighted by atomic mass is 9.94. The number of sulfonamides is 1. The molecule has 3 aromatic carbocycles. The first-order chi connectivity index (χ1) is 16.5. The van der Waals surface area contributed by atoms with E-state index in [4.69, 9.17) is 14.6 Å². The molecule has 2 aliphatic rings. The van der Waals surface area contributed by atoms with Gasteiger partial charge in [-0.1, -0.05) is 24.3 Å². The second kappa shape index (κ2) is 7.99. The van der Waals surface area contributed by atoms with Crippen molar-refractivity contribution in [3.8, 4) is 22.6 Å². The SMILES string of the molecule is NS(=O)(=O)c1ccc(-c2ccc(NC(=O)C3(c4ccc5c(c4)OCO5)CC3)cc2C(F)(F)F)cc1.[HH]. The molecule has 35 heavy (non-hydrogen) atoms. The summed E-state index contributed by atoms with van der Waals surface area (Å²) in [5.41, 5.74) is -1.11. The van der Waals surface area contributed by atoms with Gasteiger partial charge in [-0.3, -0.25) is 4.79 Å². The summed E-state index contributed by atoms with van der Waals surface area (Å²) < 4.78 is 75.3. The quantitative estimate of drug-likeness (QED) is 0.523. The predicted octanol–water partition coefficient (Wildman–Crippen LogP) is 4.66. The fraction of sp³-hybridized carbons (Fsp3) is 0.208. The number of fused-ring (bicyclic) bond motifs is 1. The van der Waals surface area contributed by atoms with Crippen molar-refractivity contribution in [2.45, 2.75) is 29.3 Å². The Kier molecular flexibility index (Phi) is 5.29. The van der Waals surface area contributed by atoms with Gasteiger partial charge in [0.15, 0.2) is 11.5 Å². The minimum Gasteiger partial charge on any atom is -0.454 e. The molecule has 0 atom stereocenters. The molecule has 1 aliphatic carbocycles. The number of amides is 1. The first kappa shape index (κ1) is 23.2. The highest BCUT2D eigenvalue weighted by atomic mass is 32.2. The van der Waals surface area contributed by atoms with Gasteiger partial charge in [-0.15, -0.1) is 0 Å². The van der Waals surface area contributed by atoms with E-state index in [-0.39, 0.29) is 29.9 Å². The van der Waals surface area contributed by atoms with Gasteiger partial charge in [0.05, 0.1) is 15.9 Å². The Balaban J connectivity index is 0.00000304. The van der Waals surface area contributed by atoms with Gasteiger partial charge in [0.25, 0.3) is 0 Å². The fourth-order valence-corrected chi connectivity index (χ4v) is 4.66. The van der Waals surface area contributed by atoms with Gasteiger partial charge >= 0.3 is 6.18 Å². The zero-order chi connectivity index (χ0) is 25.0. The summed E-state index contributed by atoms with van der Waals surface area (Å²) in [4.78, 5) is 12.9. The molecule has 1 fully saturated rings. The number of carbonyl (C=O) groups excluding carboxylic acids is 1. The standard InChI is InChI=1S/C24H19F3N2O5S.H2/c25-24(26,27)19-12-16(4-7-18(19)14-1-5-17(6-2-14)35(28,31)32)29-22(30)23(9-10-23)15-3-8-20-21(11-15)34-13-33-20;/h1-8,11-12H,9-10,13H2,(H,29,30)(H2,28,31,32);1H. The fourth-order valence-electron chi connectivity index (χ4n) is 4.15. The van der Waals surface area contributed by atoms with E-state index in [9.17, 15) is 26.4 Å². The summed E-state index contributed by atoms with van der Waals surface area (Å²) in [6, 6.07) is 13.5. The summed E-state index contributed by atoms with van der Waals surface area (Å²) in [6.07, 6.45) is -3.61. The van der Waals surface area contributed by atoms with Gasteiger partial charge < -0.3 is 14.8 Å². The minimum absolute atomic E-state index is 0. The average Bonchev–Trinajstić information content (AvgIpc) is 3.49. The van der Waals surface area contributed by atoms with E-state index in [0.717, 1.165) is 18.2 Å². The molecule has 3 N–H and O–H groups in total. The number of anilines is 1. The molecule has 3 aromatic rings. The third-order valence-electron chi connectivity index (χ3n) is 6.19. The molecule has 1 aliphatic heterocycles. The van der Waals surface area contributed by atoms with Crippen LogP contribution >= 0.6 is 0 Å². The monoisotopic (exact) mass is 506 g/mol. The van der Waals surface area contributed by atoms with Crippen LogP contribution in [0.5, 0.6) is 11.5 Å². The van der Waals surface area contributed by atoms with Crippen molar-refractivity contribution in [3.05, 3.63) is 71.8 Å². The average molecular weight is 507 g/mol. The van der Waals surface area contributed by atoms with Crippen LogP contribution in [-0.4, -0.2) is 21.1 Å². The summed E-state index contributed by atoms with van der Waals surface area (Å²) in [5.74, 6) is 0.695. The molecule has 0 bridgehead atoms. The van der Waals surface area contributed by atoms with Crippen molar-refractivity contribution >= 4 is 21.6 Å². The number of benzene rings is 3. The van der Waals surface area contributed by atoms with Crippen LogP contribution in [-0.2, 0) is 26.4 Å². The normalized spacial score (nSPS) is 16.1. The molecule has 0 radical (unpaired) electrons. The highest BCUT2D eigenvalue weighted by Gasteiger charge is 2.51. The zero-order valence-electron chi connectivity index (χ0n) is 18.1. The summed E-state index contributed by atoms with van der Waals surface area (Å²) in [6.45, 7) is 0.0926. The zero-order valence-corrected chi connectivity index (χ0v) is 18.9. The van der Waals surface area contributed by atoms with Crippen LogP contribution in [0.1, 0.15) is 25.4 Å². The van der Waals surface area contributed by atoms with Crippen LogP contribution in [0.2, 0.25) is 0 Å². The molecule has 0 spiro atoms. The van der Waals surface area contributed by atoms with Crippen LogP contribution in [0.25, 0.3) is 11.1 Å². The topological polar surface area (TPSA) is 108 Å². The van der Waals surface area contributed by atoms with Gasteiger partial charge in [-0.25, -0.2) is 13.6 Å². The molecular weight excluding hydrogens is 485 g/mol. The Morgan fingerprint density at radius 2 is 1.66 bits per heavy atom. The van der Waals surface area contributed by atoms with Gasteiger partial charge in [-0.2, -0.15) is 13.2 Å². The van der Waals surface area contributed by atoms with Crippen LogP contribution in [0.15, 0.2) is 65.6 Å². The van der Waals surface area contributed by atoms with E-state index in [1.807, 2.05) is 0 Å². The molecule has 1 heterocycles. The van der Waals surface area contributed by atoms with Crippen LogP contribution < -0.4 is 19.9 Å². The molecule has 0 unspecified atom stereocenters. The second-order valence-corrected chi connectivity index (χ2v) is 9.99. The molecule has 1 saturated carbocycles. The number of halogens is 3. The number of nitrogens with one attached hydrogen (secondary N) is 1. The lowest BCUT2D eigenvalue weighted by molar-refractivity contribution is -0.137. The number of rotatable bonds is 5. The first-order valence-electron chi connectivity index (χ1n) is 10.5. The smallest absolute Gasteiger partial charge is 0.417 e. The maximum absolute atomic E-state index is 13.9. The maximum Gasteiger partial charge on any atom is 0.417 e. The van der Waals surface area contributed by atoms with Crippen molar-refractivity contribution in [1.82, 2.24) is 0 Å². The predicted molar refractivity (Wildman–Crippen MR) is 122 cm³/mol. The lowest BCUT2D eigenvalue weighted by Crippen LogP contribution is -2.28. The van der Waals surface area contributed by atoms with Gasteiger partial charge in [0.2, 0.25) is 22.7 Å². The lowest BCUT2D eigenvalue weighted by Gasteiger charge is -2.19. The molecule has 1 amide bonds. The largest absolute Gasteiger partial charge is 0.454 e. The maximum atomic E-state index is 13.9.